The summed E-state index contributed by atoms with van der Waals surface area (Å²) in [5.41, 5.74) is 0.589. The molecule has 0 fully saturated rings. The van der Waals surface area contributed by atoms with E-state index in [1.165, 1.54) is 4.90 Å². The van der Waals surface area contributed by atoms with Crippen LogP contribution in [0.2, 0.25) is 0 Å². The molecule has 0 aliphatic carbocycles. The average Bonchev–Trinajstić information content (AvgIpc) is 2.87. The maximum Gasteiger partial charge on any atom is 0.254 e. The minimum Gasteiger partial charge on any atom is -0.345 e. The Morgan fingerprint density at radius 2 is 2.11 bits per heavy atom. The summed E-state index contributed by atoms with van der Waals surface area (Å²) in [6, 6.07) is 3.64. The molecule has 0 radical (unpaired) electrons. The zero-order valence-electron chi connectivity index (χ0n) is 11.5. The molecule has 0 spiro atoms. The van der Waals surface area contributed by atoms with Crippen molar-refractivity contribution >= 4 is 5.91 Å². The number of hydrogen-bond donors (Lipinski definition) is 0. The quantitative estimate of drug-likeness (QED) is 0.842. The molecule has 0 saturated heterocycles. The van der Waals surface area contributed by atoms with Gasteiger partial charge in [0.15, 0.2) is 0 Å². The molecule has 1 amide bonds. The van der Waals surface area contributed by atoms with Crippen molar-refractivity contribution in [3.05, 3.63) is 42.1 Å². The third-order valence-corrected chi connectivity index (χ3v) is 2.84. The Morgan fingerprint density at radius 3 is 2.68 bits per heavy atom. The van der Waals surface area contributed by atoms with E-state index < -0.39 is 0 Å². The number of aryl methyl sites for hydroxylation is 1. The first-order valence-corrected chi connectivity index (χ1v) is 6.33. The summed E-state index contributed by atoms with van der Waals surface area (Å²) in [7, 11) is 3.46. The summed E-state index contributed by atoms with van der Waals surface area (Å²) in [4.78, 5) is 22.0. The number of imidazole rings is 1. The van der Waals surface area contributed by atoms with Gasteiger partial charge >= 0.3 is 0 Å². The van der Waals surface area contributed by atoms with E-state index in [0.29, 0.717) is 5.56 Å². The van der Waals surface area contributed by atoms with Crippen LogP contribution in [0.3, 0.4) is 0 Å². The summed E-state index contributed by atoms with van der Waals surface area (Å²) in [6.07, 6.45) is 7.21. The molecule has 19 heavy (non-hydrogen) atoms. The van der Waals surface area contributed by atoms with Crippen LogP contribution in [0.15, 0.2) is 30.7 Å². The molecule has 5 heteroatoms. The number of aromatic nitrogens is 3. The molecule has 0 atom stereocenters. The molecule has 0 aromatic carbocycles. The Labute approximate surface area is 112 Å². The normalized spacial score (nSPS) is 10.5. The zero-order chi connectivity index (χ0) is 13.8. The predicted molar refractivity (Wildman–Crippen MR) is 73.4 cm³/mol. The Kier molecular flexibility index (Phi) is 3.94. The lowest BCUT2D eigenvalue weighted by Crippen LogP contribution is -2.21. The van der Waals surface area contributed by atoms with Gasteiger partial charge in [-0.25, -0.2) is 9.97 Å². The van der Waals surface area contributed by atoms with Crippen LogP contribution in [0.5, 0.6) is 0 Å². The molecule has 2 heterocycles. The van der Waals surface area contributed by atoms with Crippen LogP contribution in [-0.4, -0.2) is 39.4 Å². The van der Waals surface area contributed by atoms with Gasteiger partial charge in [-0.2, -0.15) is 0 Å². The summed E-state index contributed by atoms with van der Waals surface area (Å²) in [5, 5.41) is 0. The highest BCUT2D eigenvalue weighted by Crippen LogP contribution is 2.11. The number of nitrogens with zero attached hydrogens (tertiary/aromatic N) is 4. The van der Waals surface area contributed by atoms with Gasteiger partial charge in [0.2, 0.25) is 0 Å². The van der Waals surface area contributed by atoms with Gasteiger partial charge in [0.05, 0.1) is 5.56 Å². The predicted octanol–water partition coefficient (Wildman–Crippen LogP) is 1.92. The third-order valence-electron chi connectivity index (χ3n) is 2.84. The maximum atomic E-state index is 11.8. The first kappa shape index (κ1) is 13.3. The van der Waals surface area contributed by atoms with E-state index in [2.05, 4.69) is 16.9 Å². The Morgan fingerprint density at radius 1 is 1.32 bits per heavy atom. The monoisotopic (exact) mass is 258 g/mol. The second-order valence-corrected chi connectivity index (χ2v) is 4.57. The fourth-order valence-corrected chi connectivity index (χ4v) is 1.86. The van der Waals surface area contributed by atoms with Crippen molar-refractivity contribution in [3.8, 4) is 5.82 Å². The summed E-state index contributed by atoms with van der Waals surface area (Å²) < 4.78 is 1.95. The molecule has 2 aromatic heterocycles. The van der Waals surface area contributed by atoms with Crippen LogP contribution < -0.4 is 0 Å². The van der Waals surface area contributed by atoms with Gasteiger partial charge in [-0.15, -0.1) is 0 Å². The second-order valence-electron chi connectivity index (χ2n) is 4.57. The van der Waals surface area contributed by atoms with E-state index in [9.17, 15) is 4.79 Å². The molecule has 0 unspecified atom stereocenters. The lowest BCUT2D eigenvalue weighted by molar-refractivity contribution is 0.0827. The van der Waals surface area contributed by atoms with Crippen molar-refractivity contribution in [2.75, 3.05) is 14.1 Å². The van der Waals surface area contributed by atoms with Crippen LogP contribution in [0, 0.1) is 0 Å². The lowest BCUT2D eigenvalue weighted by atomic mass is 10.2. The van der Waals surface area contributed by atoms with Gasteiger partial charge in [-0.05, 0) is 18.6 Å². The van der Waals surface area contributed by atoms with E-state index >= 15 is 0 Å². The number of hydrogen-bond acceptors (Lipinski definition) is 3. The molecular weight excluding hydrogens is 240 g/mol. The van der Waals surface area contributed by atoms with Crippen molar-refractivity contribution in [2.45, 2.75) is 19.8 Å². The molecule has 0 aliphatic rings. The highest BCUT2D eigenvalue weighted by molar-refractivity contribution is 5.93. The molecular formula is C14H18N4O. The maximum absolute atomic E-state index is 11.8. The fraction of sp³-hybridized carbons (Fsp3) is 0.357. The van der Waals surface area contributed by atoms with Gasteiger partial charge in [0.25, 0.3) is 5.91 Å². The molecule has 2 rings (SSSR count). The van der Waals surface area contributed by atoms with Gasteiger partial charge in [0, 0.05) is 39.1 Å². The molecule has 0 N–H and O–H groups in total. The van der Waals surface area contributed by atoms with E-state index in [0.717, 1.165) is 24.5 Å². The lowest BCUT2D eigenvalue weighted by Gasteiger charge is -2.11. The van der Waals surface area contributed by atoms with E-state index in [1.54, 1.807) is 32.6 Å². The van der Waals surface area contributed by atoms with Gasteiger partial charge in [-0.1, -0.05) is 6.92 Å². The van der Waals surface area contributed by atoms with Crippen molar-refractivity contribution < 1.29 is 4.79 Å². The first-order chi connectivity index (χ1) is 9.13. The van der Waals surface area contributed by atoms with Gasteiger partial charge < -0.3 is 4.90 Å². The molecule has 5 nitrogen and oxygen atoms in total. The number of carbonyl (C=O) groups excluding carboxylic acids is 1. The Hall–Kier alpha value is -2.17. The number of amides is 1. The van der Waals surface area contributed by atoms with Crippen molar-refractivity contribution in [1.29, 1.82) is 0 Å². The average molecular weight is 258 g/mol. The van der Waals surface area contributed by atoms with E-state index in [1.807, 2.05) is 16.8 Å². The standard InChI is InChI=1S/C14H18N4O/c1-4-5-12-15-8-9-18(12)13-7-6-11(10-16-13)14(19)17(2)3/h6-10H,4-5H2,1-3H3. The molecule has 0 saturated carbocycles. The Balaban J connectivity index is 2.27. The molecule has 100 valence electrons. The van der Waals surface area contributed by atoms with Crippen LogP contribution in [0.1, 0.15) is 29.5 Å². The minimum atomic E-state index is -0.0431. The third kappa shape index (κ3) is 2.81. The minimum absolute atomic E-state index is 0.0431. The number of carbonyl (C=O) groups is 1. The SMILES string of the molecule is CCCc1nccn1-c1ccc(C(=O)N(C)C)cn1. The summed E-state index contributed by atoms with van der Waals surface area (Å²) in [6.45, 7) is 2.12. The first-order valence-electron chi connectivity index (χ1n) is 6.33. The van der Waals surface area contributed by atoms with Crippen LogP contribution in [0.25, 0.3) is 5.82 Å². The smallest absolute Gasteiger partial charge is 0.254 e. The van der Waals surface area contributed by atoms with E-state index in [-0.39, 0.29) is 5.91 Å². The van der Waals surface area contributed by atoms with Crippen molar-refractivity contribution in [3.63, 3.8) is 0 Å². The second kappa shape index (κ2) is 5.65. The van der Waals surface area contributed by atoms with Crippen LogP contribution in [-0.2, 0) is 6.42 Å². The van der Waals surface area contributed by atoms with E-state index in [4.69, 9.17) is 0 Å². The summed E-state index contributed by atoms with van der Waals surface area (Å²) >= 11 is 0. The molecule has 0 bridgehead atoms. The molecule has 2 aromatic rings. The topological polar surface area (TPSA) is 51.0 Å². The zero-order valence-corrected chi connectivity index (χ0v) is 11.5. The highest BCUT2D eigenvalue weighted by atomic mass is 16.2. The number of rotatable bonds is 4. The van der Waals surface area contributed by atoms with Crippen molar-refractivity contribution in [2.24, 2.45) is 0 Å². The largest absolute Gasteiger partial charge is 0.345 e. The molecule has 0 aliphatic heterocycles. The van der Waals surface area contributed by atoms with Gasteiger partial charge in [0.1, 0.15) is 11.6 Å². The number of pyridine rings is 1. The van der Waals surface area contributed by atoms with Crippen LogP contribution >= 0.6 is 0 Å². The highest BCUT2D eigenvalue weighted by Gasteiger charge is 2.10. The van der Waals surface area contributed by atoms with Crippen LogP contribution in [0.4, 0.5) is 0 Å². The van der Waals surface area contributed by atoms with Crippen molar-refractivity contribution in [1.82, 2.24) is 19.4 Å². The summed E-state index contributed by atoms with van der Waals surface area (Å²) in [5.74, 6) is 1.73. The fourth-order valence-electron chi connectivity index (χ4n) is 1.86. The van der Waals surface area contributed by atoms with Gasteiger partial charge in [-0.3, -0.25) is 9.36 Å². The Bertz CT molecular complexity index is 557.